The molecule has 1 fully saturated rings. The van der Waals surface area contributed by atoms with E-state index in [0.717, 1.165) is 39.0 Å². The molecule has 11 heteroatoms. The van der Waals surface area contributed by atoms with Crippen molar-refractivity contribution in [2.24, 2.45) is 0 Å². The maximum atomic E-state index is 13.0. The third-order valence-electron chi connectivity index (χ3n) is 6.11. The van der Waals surface area contributed by atoms with E-state index in [9.17, 15) is 18.3 Å². The summed E-state index contributed by atoms with van der Waals surface area (Å²) < 4.78 is 32.4. The van der Waals surface area contributed by atoms with Crippen LogP contribution in [0.1, 0.15) is 18.2 Å². The van der Waals surface area contributed by atoms with E-state index in [0.29, 0.717) is 24.0 Å². The number of nitrogens with zero attached hydrogens (tertiary/aromatic N) is 4. The maximum absolute atomic E-state index is 13.0. The van der Waals surface area contributed by atoms with Crippen molar-refractivity contribution in [3.05, 3.63) is 47.6 Å². The number of hydrogen-bond donors (Lipinski definition) is 1. The van der Waals surface area contributed by atoms with E-state index in [1.54, 1.807) is 25.4 Å². The summed E-state index contributed by atoms with van der Waals surface area (Å²) in [5.74, 6) is -0.431. The minimum atomic E-state index is -3.82. The lowest BCUT2D eigenvalue weighted by Crippen LogP contribution is -2.40. The fraction of sp³-hybridized carbons (Fsp3) is 0.348. The van der Waals surface area contributed by atoms with E-state index >= 15 is 0 Å². The van der Waals surface area contributed by atoms with Gasteiger partial charge in [-0.3, -0.25) is 4.79 Å². The van der Waals surface area contributed by atoms with E-state index in [-0.39, 0.29) is 17.9 Å². The van der Waals surface area contributed by atoms with Gasteiger partial charge in [-0.2, -0.15) is 4.31 Å². The zero-order valence-electron chi connectivity index (χ0n) is 18.5. The van der Waals surface area contributed by atoms with Gasteiger partial charge in [0.2, 0.25) is 16.0 Å². The Morgan fingerprint density at radius 1 is 1.12 bits per heavy atom. The summed E-state index contributed by atoms with van der Waals surface area (Å²) in [4.78, 5) is 24.3. The average molecular weight is 501 g/mol. The Kier molecular flexibility index (Phi) is 6.11. The predicted octanol–water partition coefficient (Wildman–Crippen LogP) is 3.08. The number of carbonyl (C=O) groups is 1. The highest BCUT2D eigenvalue weighted by atomic mass is 32.2. The second kappa shape index (κ2) is 9.06. The Labute approximate surface area is 201 Å². The molecule has 2 aliphatic rings. The lowest BCUT2D eigenvalue weighted by Gasteiger charge is -2.26. The number of anilines is 1. The van der Waals surface area contributed by atoms with Crippen molar-refractivity contribution in [2.45, 2.75) is 30.8 Å². The second-order valence-electron chi connectivity index (χ2n) is 8.16. The molecule has 1 atom stereocenters. The summed E-state index contributed by atoms with van der Waals surface area (Å²) in [5.41, 5.74) is 2.77. The van der Waals surface area contributed by atoms with Gasteiger partial charge in [0, 0.05) is 40.8 Å². The van der Waals surface area contributed by atoms with Crippen LogP contribution < -0.4 is 4.90 Å². The first kappa shape index (κ1) is 22.9. The van der Waals surface area contributed by atoms with E-state index in [1.165, 1.54) is 11.3 Å². The van der Waals surface area contributed by atoms with Gasteiger partial charge in [-0.05, 0) is 23.6 Å². The number of aromatic nitrogens is 2. The van der Waals surface area contributed by atoms with Crippen molar-refractivity contribution in [3.8, 4) is 21.6 Å². The normalized spacial score (nSPS) is 18.6. The van der Waals surface area contributed by atoms with Crippen LogP contribution in [0.25, 0.3) is 21.6 Å². The molecule has 0 radical (unpaired) electrons. The third kappa shape index (κ3) is 4.09. The van der Waals surface area contributed by atoms with E-state index in [2.05, 4.69) is 14.9 Å². The number of carboxylic acids is 1. The van der Waals surface area contributed by atoms with Crippen LogP contribution in [0.3, 0.4) is 0 Å². The summed E-state index contributed by atoms with van der Waals surface area (Å²) >= 11 is 1.39. The second-order valence-corrected chi connectivity index (χ2v) is 11.2. The molecule has 2 aliphatic heterocycles. The van der Waals surface area contributed by atoms with Crippen LogP contribution in [0.5, 0.6) is 0 Å². The van der Waals surface area contributed by atoms with Gasteiger partial charge in [0.05, 0.1) is 24.7 Å². The van der Waals surface area contributed by atoms with E-state index in [1.807, 2.05) is 24.3 Å². The minimum Gasteiger partial charge on any atom is -0.480 e. The van der Waals surface area contributed by atoms with Crippen LogP contribution in [0, 0.1) is 0 Å². The molecule has 1 N–H and O–H groups in total. The van der Waals surface area contributed by atoms with Crippen molar-refractivity contribution in [2.75, 3.05) is 31.2 Å². The summed E-state index contributed by atoms with van der Waals surface area (Å²) in [5, 5.41) is 9.40. The number of fused-ring (bicyclic) bond motifs is 1. The third-order valence-corrected chi connectivity index (χ3v) is 9.33. The molecule has 0 spiro atoms. The molecule has 9 nitrogen and oxygen atoms in total. The molecule has 5 rings (SSSR count). The van der Waals surface area contributed by atoms with Crippen molar-refractivity contribution < 1.29 is 23.1 Å². The topological polar surface area (TPSA) is 113 Å². The number of morpholine rings is 1. The van der Waals surface area contributed by atoms with Gasteiger partial charge in [-0.15, -0.1) is 11.3 Å². The summed E-state index contributed by atoms with van der Waals surface area (Å²) in [7, 11) is -3.82. The number of aliphatic carboxylic acids is 1. The molecule has 0 amide bonds. The van der Waals surface area contributed by atoms with Gasteiger partial charge in [0.1, 0.15) is 6.04 Å². The van der Waals surface area contributed by atoms with Gasteiger partial charge >= 0.3 is 5.97 Å². The minimum absolute atomic E-state index is 0.0953. The monoisotopic (exact) mass is 500 g/mol. The van der Waals surface area contributed by atoms with Crippen molar-refractivity contribution in [3.63, 3.8) is 0 Å². The molecule has 4 heterocycles. The number of ether oxygens (including phenoxy) is 1. The molecule has 0 bridgehead atoms. The number of hydrogen-bond acceptors (Lipinski definition) is 8. The van der Waals surface area contributed by atoms with Gasteiger partial charge in [0.15, 0.2) is 0 Å². The number of thiophene rings is 1. The highest BCUT2D eigenvalue weighted by Gasteiger charge is 2.43. The molecular weight excluding hydrogens is 476 g/mol. The van der Waals surface area contributed by atoms with E-state index < -0.39 is 22.0 Å². The van der Waals surface area contributed by atoms with Crippen molar-refractivity contribution in [1.29, 1.82) is 0 Å². The van der Waals surface area contributed by atoms with Crippen molar-refractivity contribution >= 4 is 33.3 Å². The highest BCUT2D eigenvalue weighted by Crippen LogP contribution is 2.42. The molecular formula is C23H24N4O5S2. The first-order valence-corrected chi connectivity index (χ1v) is 13.3. The SMILES string of the molecule is CCC(C(=O)O)N1Cc2sc(-c3ccc(-c4cnc(N5CCOCC5)nc4)cc3)cc2S1(=O)=O. The summed E-state index contributed by atoms with van der Waals surface area (Å²) in [6, 6.07) is 8.42. The largest absolute Gasteiger partial charge is 0.480 e. The van der Waals surface area contributed by atoms with Crippen molar-refractivity contribution in [1.82, 2.24) is 14.3 Å². The van der Waals surface area contributed by atoms with Gasteiger partial charge in [0.25, 0.3) is 0 Å². The standard InChI is InChI=1S/C23H24N4O5S2/c1-2-18(22(28)29)27-14-20-21(34(27,30)31)11-19(33-20)16-5-3-15(4-6-16)17-12-24-23(25-13-17)26-7-9-32-10-8-26/h3-6,11-13,18H,2,7-10,14H2,1H3,(H,28,29). The zero-order valence-corrected chi connectivity index (χ0v) is 20.2. The lowest BCUT2D eigenvalue weighted by molar-refractivity contribution is -0.141. The molecule has 1 aromatic carbocycles. The van der Waals surface area contributed by atoms with Gasteiger partial charge in [-0.25, -0.2) is 18.4 Å². The molecule has 34 heavy (non-hydrogen) atoms. The fourth-order valence-corrected chi connectivity index (χ4v) is 7.64. The van der Waals surface area contributed by atoms with Crippen LogP contribution in [0.15, 0.2) is 47.6 Å². The molecule has 1 saturated heterocycles. The smallest absolute Gasteiger partial charge is 0.322 e. The van der Waals surface area contributed by atoms with Crippen LogP contribution in [-0.4, -0.2) is 66.1 Å². The quantitative estimate of drug-likeness (QED) is 0.550. The molecule has 1 unspecified atom stereocenters. The molecule has 3 aromatic rings. The maximum Gasteiger partial charge on any atom is 0.322 e. The molecule has 0 aliphatic carbocycles. The average Bonchev–Trinajstić information content (AvgIpc) is 3.38. The predicted molar refractivity (Wildman–Crippen MR) is 128 cm³/mol. The molecule has 178 valence electrons. The number of rotatable bonds is 6. The zero-order chi connectivity index (χ0) is 23.9. The number of sulfonamides is 1. The Balaban J connectivity index is 1.34. The van der Waals surface area contributed by atoms with Gasteiger partial charge < -0.3 is 14.7 Å². The number of benzene rings is 1. The summed E-state index contributed by atoms with van der Waals surface area (Å²) in [6.07, 6.45) is 3.83. The molecule has 0 saturated carbocycles. The lowest BCUT2D eigenvalue weighted by atomic mass is 10.1. The number of carboxylic acid groups (broad SMARTS) is 1. The Morgan fingerprint density at radius 2 is 1.76 bits per heavy atom. The molecule has 2 aromatic heterocycles. The van der Waals surface area contributed by atoms with Gasteiger partial charge in [-0.1, -0.05) is 31.2 Å². The Hall–Kier alpha value is -2.86. The van der Waals surface area contributed by atoms with Crippen LogP contribution >= 0.6 is 11.3 Å². The van der Waals surface area contributed by atoms with Crippen LogP contribution in [-0.2, 0) is 26.1 Å². The first-order valence-electron chi connectivity index (χ1n) is 11.0. The van der Waals surface area contributed by atoms with Crippen LogP contribution in [0.4, 0.5) is 5.95 Å². The van der Waals surface area contributed by atoms with Crippen LogP contribution in [0.2, 0.25) is 0 Å². The fourth-order valence-electron chi connectivity index (χ4n) is 4.24. The Morgan fingerprint density at radius 3 is 2.35 bits per heavy atom. The first-order chi connectivity index (χ1) is 16.4. The Bertz CT molecular complexity index is 1300. The van der Waals surface area contributed by atoms with E-state index in [4.69, 9.17) is 4.74 Å². The summed E-state index contributed by atoms with van der Waals surface area (Å²) in [6.45, 7) is 4.68. The highest BCUT2D eigenvalue weighted by molar-refractivity contribution is 7.89.